The number of nitrogens with two attached hydrogens (primary N) is 1. The van der Waals surface area contributed by atoms with Gasteiger partial charge in [-0.25, -0.2) is 0 Å². The van der Waals surface area contributed by atoms with E-state index in [2.05, 4.69) is 5.10 Å². The van der Waals surface area contributed by atoms with E-state index in [4.69, 9.17) is 5.73 Å². The topological polar surface area (TPSA) is 65.8 Å². The molecule has 0 radical (unpaired) electrons. The van der Waals surface area contributed by atoms with Crippen LogP contribution in [-0.4, -0.2) is 14.3 Å². The summed E-state index contributed by atoms with van der Waals surface area (Å²) in [6.45, 7) is 0. The van der Waals surface area contributed by atoms with Crippen molar-refractivity contribution in [1.29, 1.82) is 0 Å². The van der Waals surface area contributed by atoms with Crippen LogP contribution in [0.4, 0.5) is 5.69 Å². The highest BCUT2D eigenvalue weighted by Gasteiger charge is 2.06. The number of aryl methyl sites for hydroxylation is 2. The normalized spacial score (nSPS) is 10.9. The molecule has 0 unspecified atom stereocenters. The van der Waals surface area contributed by atoms with E-state index in [0.29, 0.717) is 5.65 Å². The van der Waals surface area contributed by atoms with Crippen molar-refractivity contribution in [2.75, 3.05) is 5.73 Å². The molecule has 0 saturated carbocycles. The quantitative estimate of drug-likeness (QED) is 0.610. The smallest absolute Gasteiger partial charge is 0.275 e. The lowest BCUT2D eigenvalue weighted by molar-refractivity contribution is 0.759. The zero-order chi connectivity index (χ0) is 9.59. The Labute approximate surface area is 74.4 Å². The Morgan fingerprint density at radius 1 is 1.46 bits per heavy atom. The Morgan fingerprint density at radius 2 is 2.15 bits per heavy atom. The van der Waals surface area contributed by atoms with E-state index in [1.165, 1.54) is 4.57 Å². The van der Waals surface area contributed by atoms with Gasteiger partial charge >= 0.3 is 0 Å². The van der Waals surface area contributed by atoms with E-state index >= 15 is 0 Å². The summed E-state index contributed by atoms with van der Waals surface area (Å²) in [7, 11) is 3.47. The number of fused-ring (bicyclic) bond motifs is 1. The maximum Gasteiger partial charge on any atom is 0.275 e. The second-order valence-corrected chi connectivity index (χ2v) is 3.05. The predicted molar refractivity (Wildman–Crippen MR) is 50.4 cm³/mol. The molecular formula is C8H10N4O. The molecule has 0 saturated heterocycles. The molecule has 2 aromatic rings. The van der Waals surface area contributed by atoms with Crippen molar-refractivity contribution < 1.29 is 0 Å². The zero-order valence-corrected chi connectivity index (χ0v) is 7.48. The Kier molecular flexibility index (Phi) is 1.42. The lowest BCUT2D eigenvalue weighted by Crippen LogP contribution is -2.20. The van der Waals surface area contributed by atoms with Gasteiger partial charge in [0, 0.05) is 25.7 Å². The van der Waals surface area contributed by atoms with Crippen LogP contribution in [0.25, 0.3) is 11.0 Å². The molecule has 0 spiro atoms. The van der Waals surface area contributed by atoms with Crippen molar-refractivity contribution >= 4 is 16.7 Å². The van der Waals surface area contributed by atoms with E-state index in [9.17, 15) is 4.79 Å². The van der Waals surface area contributed by atoms with Gasteiger partial charge in [0.15, 0.2) is 5.65 Å². The minimum atomic E-state index is -0.203. The van der Waals surface area contributed by atoms with Crippen LogP contribution in [-0.2, 0) is 14.1 Å². The van der Waals surface area contributed by atoms with Crippen LogP contribution in [0.1, 0.15) is 0 Å². The molecular weight excluding hydrogens is 168 g/mol. The van der Waals surface area contributed by atoms with Crippen LogP contribution in [0.15, 0.2) is 17.1 Å². The highest BCUT2D eigenvalue weighted by Crippen LogP contribution is 2.10. The predicted octanol–water partition coefficient (Wildman–Crippen LogP) is -0.146. The fourth-order valence-electron chi connectivity index (χ4n) is 1.38. The third-order valence-electron chi connectivity index (χ3n) is 2.02. The Morgan fingerprint density at radius 3 is 2.85 bits per heavy atom. The monoisotopic (exact) mass is 178 g/mol. The van der Waals surface area contributed by atoms with Crippen molar-refractivity contribution in [2.45, 2.75) is 0 Å². The van der Waals surface area contributed by atoms with Crippen LogP contribution < -0.4 is 11.3 Å². The van der Waals surface area contributed by atoms with E-state index in [0.717, 1.165) is 5.39 Å². The molecule has 0 aliphatic heterocycles. The molecule has 0 atom stereocenters. The van der Waals surface area contributed by atoms with E-state index < -0.39 is 0 Å². The van der Waals surface area contributed by atoms with Crippen molar-refractivity contribution in [3.05, 3.63) is 22.6 Å². The molecule has 0 fully saturated rings. The number of pyridine rings is 1. The van der Waals surface area contributed by atoms with Crippen LogP contribution in [0.5, 0.6) is 0 Å². The minimum Gasteiger partial charge on any atom is -0.394 e. The second-order valence-electron chi connectivity index (χ2n) is 3.05. The highest BCUT2D eigenvalue weighted by atomic mass is 16.1. The number of nitrogens with zero attached hydrogens (tertiary/aromatic N) is 3. The first-order chi connectivity index (χ1) is 6.09. The molecule has 0 aromatic carbocycles. The summed E-state index contributed by atoms with van der Waals surface area (Å²) in [4.78, 5) is 11.4. The van der Waals surface area contributed by atoms with Crippen LogP contribution >= 0.6 is 0 Å². The maximum atomic E-state index is 11.4. The molecule has 2 rings (SSSR count). The van der Waals surface area contributed by atoms with Crippen molar-refractivity contribution in [3.63, 3.8) is 0 Å². The standard InChI is InChI=1S/C8H10N4O/c1-11-4-5-3-6(9)8(13)12(2)7(5)10-11/h3-4H,9H2,1-2H3. The van der Waals surface area contributed by atoms with Crippen LogP contribution in [0.2, 0.25) is 0 Å². The number of hydrogen-bond acceptors (Lipinski definition) is 3. The molecule has 2 N–H and O–H groups in total. The summed E-state index contributed by atoms with van der Waals surface area (Å²) >= 11 is 0. The van der Waals surface area contributed by atoms with Crippen molar-refractivity contribution in [2.24, 2.45) is 14.1 Å². The lowest BCUT2D eigenvalue weighted by Gasteiger charge is -1.98. The highest BCUT2D eigenvalue weighted by molar-refractivity contribution is 5.77. The first kappa shape index (κ1) is 7.85. The molecule has 68 valence electrons. The number of anilines is 1. The molecule has 0 bridgehead atoms. The van der Waals surface area contributed by atoms with Gasteiger partial charge in [0.1, 0.15) is 0 Å². The molecule has 5 nitrogen and oxygen atoms in total. The Hall–Kier alpha value is -1.78. The fraction of sp³-hybridized carbons (Fsp3) is 0.250. The molecule has 2 heterocycles. The second kappa shape index (κ2) is 2.35. The molecule has 2 aromatic heterocycles. The summed E-state index contributed by atoms with van der Waals surface area (Å²) < 4.78 is 3.11. The van der Waals surface area contributed by atoms with Gasteiger partial charge in [-0.3, -0.25) is 14.0 Å². The largest absolute Gasteiger partial charge is 0.394 e. The summed E-state index contributed by atoms with van der Waals surface area (Å²) in [6, 6.07) is 1.64. The van der Waals surface area contributed by atoms with Gasteiger partial charge in [0.25, 0.3) is 5.56 Å². The molecule has 0 amide bonds. The first-order valence-electron chi connectivity index (χ1n) is 3.88. The number of nitrogen functional groups attached to an aromatic ring is 1. The van der Waals surface area contributed by atoms with Crippen molar-refractivity contribution in [3.8, 4) is 0 Å². The average Bonchev–Trinajstić information content (AvgIpc) is 2.42. The van der Waals surface area contributed by atoms with E-state index in [1.54, 1.807) is 24.8 Å². The lowest BCUT2D eigenvalue weighted by atomic mass is 10.3. The van der Waals surface area contributed by atoms with Gasteiger partial charge in [0.05, 0.1) is 5.69 Å². The van der Waals surface area contributed by atoms with Crippen LogP contribution in [0.3, 0.4) is 0 Å². The average molecular weight is 178 g/mol. The first-order valence-corrected chi connectivity index (χ1v) is 3.88. The summed E-state index contributed by atoms with van der Waals surface area (Å²) in [5, 5.41) is 5.02. The summed E-state index contributed by atoms with van der Waals surface area (Å²) in [5.74, 6) is 0. The van der Waals surface area contributed by atoms with Gasteiger partial charge in [-0.05, 0) is 6.07 Å². The van der Waals surface area contributed by atoms with E-state index in [1.807, 2.05) is 6.20 Å². The molecule has 0 aliphatic carbocycles. The molecule has 5 heteroatoms. The maximum absolute atomic E-state index is 11.4. The number of hydrogen-bond donors (Lipinski definition) is 1. The number of rotatable bonds is 0. The van der Waals surface area contributed by atoms with Gasteiger partial charge in [-0.2, -0.15) is 5.10 Å². The van der Waals surface area contributed by atoms with Gasteiger partial charge < -0.3 is 5.73 Å². The summed E-state index contributed by atoms with van der Waals surface area (Å²) in [5.41, 5.74) is 6.23. The minimum absolute atomic E-state index is 0.203. The van der Waals surface area contributed by atoms with Gasteiger partial charge in [0.2, 0.25) is 0 Å². The van der Waals surface area contributed by atoms with Crippen molar-refractivity contribution in [1.82, 2.24) is 14.3 Å². The number of aromatic nitrogens is 3. The molecule has 13 heavy (non-hydrogen) atoms. The third kappa shape index (κ3) is 1.00. The SMILES string of the molecule is Cn1cc2cc(N)c(=O)n(C)c2n1. The fourth-order valence-corrected chi connectivity index (χ4v) is 1.38. The molecule has 0 aliphatic rings. The van der Waals surface area contributed by atoms with Gasteiger partial charge in [-0.15, -0.1) is 0 Å². The van der Waals surface area contributed by atoms with Crippen LogP contribution in [0, 0.1) is 0 Å². The van der Waals surface area contributed by atoms with Gasteiger partial charge in [-0.1, -0.05) is 0 Å². The summed E-state index contributed by atoms with van der Waals surface area (Å²) in [6.07, 6.45) is 1.82. The Balaban J connectivity index is 3.01. The Bertz CT molecular complexity index is 523. The third-order valence-corrected chi connectivity index (χ3v) is 2.02. The zero-order valence-electron chi connectivity index (χ0n) is 7.48. The van der Waals surface area contributed by atoms with E-state index in [-0.39, 0.29) is 11.2 Å².